The van der Waals surface area contributed by atoms with Crippen LogP contribution >= 0.6 is 0 Å². The highest BCUT2D eigenvalue weighted by atomic mass is 16.3. The minimum absolute atomic E-state index is 0.373. The highest BCUT2D eigenvalue weighted by molar-refractivity contribution is 5.96. The van der Waals surface area contributed by atoms with E-state index >= 15 is 0 Å². The van der Waals surface area contributed by atoms with Crippen LogP contribution in [-0.4, -0.2) is 24.5 Å². The minimum Gasteiger partial charge on any atom is -0.468 e. The molecule has 17 heavy (non-hydrogen) atoms. The Kier molecular flexibility index (Phi) is 5.22. The Hall–Kier alpha value is -1.82. The summed E-state index contributed by atoms with van der Waals surface area (Å²) in [6, 6.07) is 2.63. The second-order valence-electron chi connectivity index (χ2n) is 3.53. The van der Waals surface area contributed by atoms with E-state index in [1.165, 1.54) is 0 Å². The number of carbonyl (C=O) groups excluding carboxylic acids is 2. The zero-order chi connectivity index (χ0) is 12.7. The van der Waals surface area contributed by atoms with Crippen LogP contribution in [0, 0.1) is 0 Å². The Morgan fingerprint density at radius 3 is 2.82 bits per heavy atom. The zero-order valence-electron chi connectivity index (χ0n) is 9.95. The highest BCUT2D eigenvalue weighted by Crippen LogP contribution is 1.99. The SMILES string of the molecule is CCNC(=O)NC(=O)C(C)NCc1ccco1. The Labute approximate surface area is 99.8 Å². The summed E-state index contributed by atoms with van der Waals surface area (Å²) < 4.78 is 5.11. The molecular weight excluding hydrogens is 222 g/mol. The topological polar surface area (TPSA) is 83.4 Å². The number of nitrogens with one attached hydrogen (secondary N) is 3. The minimum atomic E-state index is -0.482. The molecule has 6 nitrogen and oxygen atoms in total. The summed E-state index contributed by atoms with van der Waals surface area (Å²) in [5.74, 6) is 0.366. The van der Waals surface area contributed by atoms with E-state index in [0.717, 1.165) is 5.76 Å². The molecular formula is C11H17N3O3. The number of furan rings is 1. The van der Waals surface area contributed by atoms with Crippen LogP contribution in [0.4, 0.5) is 4.79 Å². The summed E-state index contributed by atoms with van der Waals surface area (Å²) in [6.45, 7) is 4.38. The zero-order valence-corrected chi connectivity index (χ0v) is 9.95. The first-order valence-electron chi connectivity index (χ1n) is 5.48. The van der Waals surface area contributed by atoms with Gasteiger partial charge >= 0.3 is 6.03 Å². The van der Waals surface area contributed by atoms with Crippen LogP contribution in [-0.2, 0) is 11.3 Å². The Morgan fingerprint density at radius 1 is 1.47 bits per heavy atom. The van der Waals surface area contributed by atoms with Gasteiger partial charge in [-0.15, -0.1) is 0 Å². The van der Waals surface area contributed by atoms with E-state index in [0.29, 0.717) is 13.1 Å². The van der Waals surface area contributed by atoms with Crippen molar-refractivity contribution in [1.82, 2.24) is 16.0 Å². The van der Waals surface area contributed by atoms with Crippen molar-refractivity contribution in [1.29, 1.82) is 0 Å². The number of rotatable bonds is 5. The third-order valence-electron chi connectivity index (χ3n) is 2.13. The molecule has 0 saturated heterocycles. The molecule has 0 fully saturated rings. The maximum Gasteiger partial charge on any atom is 0.321 e. The largest absolute Gasteiger partial charge is 0.468 e. The lowest BCUT2D eigenvalue weighted by Crippen LogP contribution is -2.47. The van der Waals surface area contributed by atoms with Crippen molar-refractivity contribution >= 4 is 11.9 Å². The van der Waals surface area contributed by atoms with Crippen LogP contribution in [0.15, 0.2) is 22.8 Å². The first-order valence-corrected chi connectivity index (χ1v) is 5.48. The van der Waals surface area contributed by atoms with Gasteiger partial charge in [0.1, 0.15) is 5.76 Å². The molecule has 6 heteroatoms. The Morgan fingerprint density at radius 2 is 2.24 bits per heavy atom. The fraction of sp³-hybridized carbons (Fsp3) is 0.455. The van der Waals surface area contributed by atoms with E-state index in [1.54, 1.807) is 32.2 Å². The van der Waals surface area contributed by atoms with E-state index in [4.69, 9.17) is 4.42 Å². The normalized spacial score (nSPS) is 11.9. The second kappa shape index (κ2) is 6.70. The fourth-order valence-corrected chi connectivity index (χ4v) is 1.18. The van der Waals surface area contributed by atoms with E-state index < -0.39 is 12.1 Å². The molecule has 1 heterocycles. The fourth-order valence-electron chi connectivity index (χ4n) is 1.18. The molecule has 3 amide bonds. The average Bonchev–Trinajstić information content (AvgIpc) is 2.78. The third-order valence-corrected chi connectivity index (χ3v) is 2.13. The lowest BCUT2D eigenvalue weighted by Gasteiger charge is -2.12. The maximum absolute atomic E-state index is 11.5. The molecule has 0 saturated carbocycles. The van der Waals surface area contributed by atoms with E-state index in [-0.39, 0.29) is 5.91 Å². The summed E-state index contributed by atoms with van der Waals surface area (Å²) in [4.78, 5) is 22.6. The van der Waals surface area contributed by atoms with Crippen molar-refractivity contribution in [2.45, 2.75) is 26.4 Å². The molecule has 1 rings (SSSR count). The number of imide groups is 1. The van der Waals surface area contributed by atoms with Crippen molar-refractivity contribution in [3.63, 3.8) is 0 Å². The van der Waals surface area contributed by atoms with Crippen molar-refractivity contribution < 1.29 is 14.0 Å². The number of carbonyl (C=O) groups is 2. The van der Waals surface area contributed by atoms with Crippen molar-refractivity contribution in [2.24, 2.45) is 0 Å². The molecule has 0 aromatic carbocycles. The van der Waals surface area contributed by atoms with Gasteiger partial charge in [0.05, 0.1) is 18.8 Å². The average molecular weight is 239 g/mol. The number of hydrogen-bond donors (Lipinski definition) is 3. The molecule has 1 aromatic rings. The highest BCUT2D eigenvalue weighted by Gasteiger charge is 2.14. The van der Waals surface area contributed by atoms with Crippen molar-refractivity contribution in [3.05, 3.63) is 24.2 Å². The molecule has 3 N–H and O–H groups in total. The van der Waals surface area contributed by atoms with Crippen LogP contribution in [0.25, 0.3) is 0 Å². The van der Waals surface area contributed by atoms with Gasteiger partial charge in [0.15, 0.2) is 0 Å². The predicted molar refractivity (Wildman–Crippen MR) is 62.2 cm³/mol. The molecule has 0 aliphatic rings. The van der Waals surface area contributed by atoms with E-state index in [1.807, 2.05) is 0 Å². The summed E-state index contributed by atoms with van der Waals surface area (Å²) in [5, 5.41) is 7.66. The predicted octanol–water partition coefficient (Wildman–Crippen LogP) is 0.603. The standard InChI is InChI=1S/C11H17N3O3/c1-3-12-11(16)14-10(15)8(2)13-7-9-5-4-6-17-9/h4-6,8,13H,3,7H2,1-2H3,(H2,12,14,15,16). The van der Waals surface area contributed by atoms with Gasteiger partial charge in [-0.3, -0.25) is 15.4 Å². The van der Waals surface area contributed by atoms with Crippen LogP contribution in [0.5, 0.6) is 0 Å². The van der Waals surface area contributed by atoms with Crippen LogP contribution in [0.2, 0.25) is 0 Å². The van der Waals surface area contributed by atoms with E-state index in [9.17, 15) is 9.59 Å². The molecule has 1 aromatic heterocycles. The molecule has 94 valence electrons. The summed E-state index contributed by atoms with van der Waals surface area (Å²) in [7, 11) is 0. The van der Waals surface area contributed by atoms with Crippen LogP contribution < -0.4 is 16.0 Å². The smallest absolute Gasteiger partial charge is 0.321 e. The first kappa shape index (κ1) is 13.2. The summed E-state index contributed by atoms with van der Waals surface area (Å²) >= 11 is 0. The molecule has 1 unspecified atom stereocenters. The summed E-state index contributed by atoms with van der Waals surface area (Å²) in [6.07, 6.45) is 1.57. The quantitative estimate of drug-likeness (QED) is 0.702. The maximum atomic E-state index is 11.5. The Bertz CT molecular complexity index is 362. The molecule has 0 bridgehead atoms. The molecule has 0 spiro atoms. The second-order valence-corrected chi connectivity index (χ2v) is 3.53. The van der Waals surface area contributed by atoms with Crippen LogP contribution in [0.3, 0.4) is 0 Å². The molecule has 0 aliphatic heterocycles. The van der Waals surface area contributed by atoms with Gasteiger partial charge in [-0.1, -0.05) is 0 Å². The molecule has 0 radical (unpaired) electrons. The Balaban J connectivity index is 2.29. The number of hydrogen-bond acceptors (Lipinski definition) is 4. The third kappa shape index (κ3) is 4.69. The van der Waals surface area contributed by atoms with Crippen molar-refractivity contribution in [2.75, 3.05) is 6.54 Å². The first-order chi connectivity index (χ1) is 8.13. The van der Waals surface area contributed by atoms with Gasteiger partial charge in [0, 0.05) is 6.54 Å². The van der Waals surface area contributed by atoms with Crippen LogP contribution in [0.1, 0.15) is 19.6 Å². The van der Waals surface area contributed by atoms with Crippen molar-refractivity contribution in [3.8, 4) is 0 Å². The molecule has 0 aliphatic carbocycles. The monoisotopic (exact) mass is 239 g/mol. The lowest BCUT2D eigenvalue weighted by atomic mass is 10.3. The summed E-state index contributed by atoms with van der Waals surface area (Å²) in [5.41, 5.74) is 0. The molecule has 1 atom stereocenters. The van der Waals surface area contributed by atoms with Gasteiger partial charge < -0.3 is 9.73 Å². The van der Waals surface area contributed by atoms with E-state index in [2.05, 4.69) is 16.0 Å². The van der Waals surface area contributed by atoms with Gasteiger partial charge in [0.25, 0.3) is 0 Å². The van der Waals surface area contributed by atoms with Gasteiger partial charge in [-0.05, 0) is 26.0 Å². The van der Waals surface area contributed by atoms with Gasteiger partial charge in [0.2, 0.25) is 5.91 Å². The number of amides is 3. The van der Waals surface area contributed by atoms with Gasteiger partial charge in [-0.2, -0.15) is 0 Å². The lowest BCUT2D eigenvalue weighted by molar-refractivity contribution is -0.121. The number of urea groups is 1. The van der Waals surface area contributed by atoms with Gasteiger partial charge in [-0.25, -0.2) is 4.79 Å².